The number of ether oxygens (including phenoxy) is 1. The number of rotatable bonds is 10. The Morgan fingerprint density at radius 1 is 1.18 bits per heavy atom. The van der Waals surface area contributed by atoms with Gasteiger partial charge in [0.2, 0.25) is 16.0 Å². The van der Waals surface area contributed by atoms with Gasteiger partial charge in [0.15, 0.2) is 0 Å². The van der Waals surface area contributed by atoms with Crippen LogP contribution in [0.5, 0.6) is 0 Å². The van der Waals surface area contributed by atoms with Crippen LogP contribution in [0.4, 0.5) is 11.6 Å². The molecule has 1 aromatic carbocycles. The Bertz CT molecular complexity index is 1340. The van der Waals surface area contributed by atoms with Crippen LogP contribution in [0.1, 0.15) is 58.2 Å². The van der Waals surface area contributed by atoms with Crippen molar-refractivity contribution in [3.8, 4) is 0 Å². The summed E-state index contributed by atoms with van der Waals surface area (Å²) < 4.78 is 33.4. The molecule has 2 aliphatic heterocycles. The Morgan fingerprint density at radius 3 is 2.67 bits per heavy atom. The van der Waals surface area contributed by atoms with Crippen LogP contribution >= 0.6 is 23.4 Å². The summed E-state index contributed by atoms with van der Waals surface area (Å²) in [6, 6.07) is 7.46. The number of anilines is 2. The minimum absolute atomic E-state index is 0.0382. The number of nitrogens with zero attached hydrogens (tertiary/aromatic N) is 3. The molecule has 0 unspecified atom stereocenters. The molecule has 0 spiro atoms. The fraction of sp³-hybridized carbons (Fsp3) is 0.500. The third kappa shape index (κ3) is 7.68. The van der Waals surface area contributed by atoms with E-state index in [1.807, 2.05) is 25.1 Å². The number of nitrogens with one attached hydrogen (secondary N) is 2. The summed E-state index contributed by atoms with van der Waals surface area (Å²) in [6.07, 6.45) is 3.90. The van der Waals surface area contributed by atoms with Crippen LogP contribution in [-0.2, 0) is 14.8 Å². The van der Waals surface area contributed by atoms with Crippen molar-refractivity contribution in [2.75, 3.05) is 48.6 Å². The van der Waals surface area contributed by atoms with Gasteiger partial charge in [-0.3, -0.25) is 4.72 Å². The van der Waals surface area contributed by atoms with E-state index in [9.17, 15) is 8.42 Å². The van der Waals surface area contributed by atoms with Crippen LogP contribution in [0, 0.1) is 5.92 Å². The van der Waals surface area contributed by atoms with E-state index in [0.717, 1.165) is 54.2 Å². The average Bonchev–Trinajstić information content (AvgIpc) is 3.08. The van der Waals surface area contributed by atoms with Crippen molar-refractivity contribution in [3.05, 3.63) is 57.3 Å². The van der Waals surface area contributed by atoms with Crippen LogP contribution in [0.2, 0.25) is 5.02 Å². The molecule has 0 aliphatic carbocycles. The molecule has 8 nitrogen and oxygen atoms in total. The minimum atomic E-state index is -3.49. The molecule has 1 fully saturated rings. The molecule has 2 N–H and O–H groups in total. The first-order chi connectivity index (χ1) is 18.7. The van der Waals surface area contributed by atoms with Crippen molar-refractivity contribution >= 4 is 55.5 Å². The second-order valence-electron chi connectivity index (χ2n) is 10.2. The molecule has 1 saturated heterocycles. The highest BCUT2D eigenvalue weighted by atomic mass is 35.5. The molecule has 0 saturated carbocycles. The fourth-order valence-corrected chi connectivity index (χ4v) is 7.36. The number of sulfonamides is 1. The molecule has 0 radical (unpaired) electrons. The van der Waals surface area contributed by atoms with Crippen molar-refractivity contribution in [2.24, 2.45) is 5.92 Å². The topological polar surface area (TPSA) is 96.5 Å². The zero-order valence-electron chi connectivity index (χ0n) is 23.1. The largest absolute Gasteiger partial charge is 0.378 e. The Balaban J connectivity index is 1.82. The lowest BCUT2D eigenvalue weighted by molar-refractivity contribution is 0.0572. The predicted octanol–water partition coefficient (Wildman–Crippen LogP) is 6.31. The van der Waals surface area contributed by atoms with Gasteiger partial charge >= 0.3 is 0 Å². The number of allylic oxidation sites excluding steroid dienone is 2. The minimum Gasteiger partial charge on any atom is -0.378 e. The van der Waals surface area contributed by atoms with E-state index < -0.39 is 10.0 Å². The standard InChI is InChI=1S/C28H38ClN5O3S2/c1-5-17-39(35,36)33-23-8-6-7-21(25(23)29)22-10-9-20(4)27(34-13-15-37-16-14-34)38-26(22)24-11-12-30-28(32-24)31-18-19(2)3/h6-8,11-12,19,33H,5,9-10,13-18H2,1-4H3,(H,30,31,32). The molecule has 0 amide bonds. The second kappa shape index (κ2) is 13.4. The highest BCUT2D eigenvalue weighted by molar-refractivity contribution is 8.12. The molecule has 4 rings (SSSR count). The molecule has 2 aliphatic rings. The molecule has 2 aromatic rings. The van der Waals surface area contributed by atoms with Gasteiger partial charge in [-0.15, -0.1) is 0 Å². The van der Waals surface area contributed by atoms with Crippen LogP contribution in [0.15, 0.2) is 41.1 Å². The van der Waals surface area contributed by atoms with Gasteiger partial charge in [0.1, 0.15) is 0 Å². The van der Waals surface area contributed by atoms with E-state index >= 15 is 0 Å². The third-order valence-electron chi connectivity index (χ3n) is 6.51. The Hall–Kier alpha value is -2.27. The SMILES string of the molecule is CCCS(=O)(=O)Nc1cccc(C2=C(c3ccnc(NCC(C)C)n3)SC(N3CCOCC3)=C(C)CC2)c1Cl. The van der Waals surface area contributed by atoms with E-state index in [1.165, 1.54) is 10.6 Å². The van der Waals surface area contributed by atoms with Crippen molar-refractivity contribution in [3.63, 3.8) is 0 Å². The Morgan fingerprint density at radius 2 is 1.95 bits per heavy atom. The van der Waals surface area contributed by atoms with Gasteiger partial charge in [-0.2, -0.15) is 0 Å². The molecule has 212 valence electrons. The maximum atomic E-state index is 12.6. The first-order valence-corrected chi connectivity index (χ1v) is 16.3. The van der Waals surface area contributed by atoms with Crippen LogP contribution in [-0.4, -0.2) is 61.9 Å². The van der Waals surface area contributed by atoms with E-state index in [-0.39, 0.29) is 5.75 Å². The number of morpholine rings is 1. The summed E-state index contributed by atoms with van der Waals surface area (Å²) in [4.78, 5) is 12.7. The summed E-state index contributed by atoms with van der Waals surface area (Å²) in [7, 11) is -3.49. The van der Waals surface area contributed by atoms with Crippen molar-refractivity contribution in [2.45, 2.75) is 47.0 Å². The highest BCUT2D eigenvalue weighted by Crippen LogP contribution is 2.48. The summed E-state index contributed by atoms with van der Waals surface area (Å²) >= 11 is 8.64. The Kier molecular flexibility index (Phi) is 10.2. The van der Waals surface area contributed by atoms with Crippen LogP contribution < -0.4 is 10.0 Å². The van der Waals surface area contributed by atoms with E-state index in [0.29, 0.717) is 42.2 Å². The zero-order valence-corrected chi connectivity index (χ0v) is 25.5. The number of thioether (sulfide) groups is 1. The smallest absolute Gasteiger partial charge is 0.232 e. The predicted molar refractivity (Wildman–Crippen MR) is 163 cm³/mol. The summed E-state index contributed by atoms with van der Waals surface area (Å²) in [5.74, 6) is 1.07. The van der Waals surface area contributed by atoms with Crippen LogP contribution in [0.3, 0.4) is 0 Å². The molecule has 3 heterocycles. The van der Waals surface area contributed by atoms with E-state index in [2.05, 4.69) is 40.7 Å². The van der Waals surface area contributed by atoms with Gasteiger partial charge in [0.25, 0.3) is 0 Å². The number of benzene rings is 1. The maximum absolute atomic E-state index is 12.6. The average molecular weight is 592 g/mol. The number of hydrogen-bond donors (Lipinski definition) is 2. The summed E-state index contributed by atoms with van der Waals surface area (Å²) in [5, 5.41) is 4.95. The first-order valence-electron chi connectivity index (χ1n) is 13.5. The van der Waals surface area contributed by atoms with Gasteiger partial charge < -0.3 is 15.0 Å². The van der Waals surface area contributed by atoms with Gasteiger partial charge in [-0.1, -0.05) is 56.3 Å². The molecular formula is C28H38ClN5O3S2. The van der Waals surface area contributed by atoms with Gasteiger partial charge in [0.05, 0.1) is 40.4 Å². The number of halogens is 1. The lowest BCUT2D eigenvalue weighted by Crippen LogP contribution is -2.35. The molecule has 0 atom stereocenters. The van der Waals surface area contributed by atoms with Gasteiger partial charge in [-0.25, -0.2) is 18.4 Å². The molecular weight excluding hydrogens is 554 g/mol. The first kappa shape index (κ1) is 29.7. The zero-order chi connectivity index (χ0) is 28.0. The van der Waals surface area contributed by atoms with Gasteiger partial charge in [0, 0.05) is 30.7 Å². The van der Waals surface area contributed by atoms with Gasteiger partial charge in [-0.05, 0) is 60.9 Å². The van der Waals surface area contributed by atoms with Crippen molar-refractivity contribution in [1.29, 1.82) is 0 Å². The van der Waals surface area contributed by atoms with E-state index in [4.69, 9.17) is 21.3 Å². The van der Waals surface area contributed by atoms with Crippen LogP contribution in [0.25, 0.3) is 10.5 Å². The monoisotopic (exact) mass is 591 g/mol. The Labute approximate surface area is 241 Å². The van der Waals surface area contributed by atoms with E-state index in [1.54, 1.807) is 24.0 Å². The molecule has 0 bridgehead atoms. The number of aromatic nitrogens is 2. The van der Waals surface area contributed by atoms with Crippen molar-refractivity contribution in [1.82, 2.24) is 14.9 Å². The fourth-order valence-electron chi connectivity index (χ4n) is 4.54. The lowest BCUT2D eigenvalue weighted by Gasteiger charge is -2.32. The number of hydrogen-bond acceptors (Lipinski definition) is 8. The summed E-state index contributed by atoms with van der Waals surface area (Å²) in [6.45, 7) is 12.2. The maximum Gasteiger partial charge on any atom is 0.232 e. The highest BCUT2D eigenvalue weighted by Gasteiger charge is 2.27. The third-order valence-corrected chi connectivity index (χ3v) is 9.85. The quantitative estimate of drug-likeness (QED) is 0.332. The van der Waals surface area contributed by atoms with Crippen molar-refractivity contribution < 1.29 is 13.2 Å². The molecule has 11 heteroatoms. The molecule has 1 aromatic heterocycles. The lowest BCUT2D eigenvalue weighted by atomic mass is 9.97. The second-order valence-corrected chi connectivity index (χ2v) is 13.4. The summed E-state index contributed by atoms with van der Waals surface area (Å²) in [5.41, 5.74) is 4.35. The molecule has 39 heavy (non-hydrogen) atoms. The normalized spacial score (nSPS) is 17.0.